The van der Waals surface area contributed by atoms with Crippen LogP contribution in [0.4, 0.5) is 10.1 Å². The summed E-state index contributed by atoms with van der Waals surface area (Å²) in [7, 11) is 0. The quantitative estimate of drug-likeness (QED) is 0.511. The van der Waals surface area contributed by atoms with Gasteiger partial charge in [-0.1, -0.05) is 24.3 Å². The van der Waals surface area contributed by atoms with Crippen LogP contribution in [0.1, 0.15) is 21.7 Å². The Balaban J connectivity index is 1.82. The summed E-state index contributed by atoms with van der Waals surface area (Å²) >= 11 is 0. The largest absolute Gasteiger partial charge is 0.302 e. The first-order chi connectivity index (χ1) is 13.6. The zero-order valence-corrected chi connectivity index (χ0v) is 15.3. The number of benzene rings is 2. The van der Waals surface area contributed by atoms with E-state index in [1.54, 1.807) is 29.3 Å². The number of fused-ring (bicyclic) bond motifs is 1. The third kappa shape index (κ3) is 3.60. The molecule has 0 aliphatic heterocycles. The van der Waals surface area contributed by atoms with E-state index in [0.717, 1.165) is 22.3 Å². The first-order valence-corrected chi connectivity index (χ1v) is 8.95. The number of amides is 1. The van der Waals surface area contributed by atoms with Gasteiger partial charge in [-0.2, -0.15) is 0 Å². The van der Waals surface area contributed by atoms with Gasteiger partial charge >= 0.3 is 0 Å². The van der Waals surface area contributed by atoms with Crippen LogP contribution in [0.5, 0.6) is 0 Å². The second kappa shape index (κ2) is 7.56. The van der Waals surface area contributed by atoms with Crippen molar-refractivity contribution in [3.63, 3.8) is 0 Å². The molecule has 0 aliphatic rings. The van der Waals surface area contributed by atoms with Crippen molar-refractivity contribution in [3.05, 3.63) is 102 Å². The van der Waals surface area contributed by atoms with Crippen LogP contribution in [0.15, 0.2) is 79.0 Å². The molecule has 0 N–H and O–H groups in total. The van der Waals surface area contributed by atoms with E-state index in [1.165, 1.54) is 12.1 Å². The van der Waals surface area contributed by atoms with Crippen LogP contribution in [0.25, 0.3) is 10.9 Å². The van der Waals surface area contributed by atoms with Crippen LogP contribution in [-0.4, -0.2) is 15.9 Å². The van der Waals surface area contributed by atoms with Crippen molar-refractivity contribution >= 4 is 22.5 Å². The number of hydrogen-bond donors (Lipinski definition) is 0. The minimum atomic E-state index is -0.348. The first kappa shape index (κ1) is 17.8. The van der Waals surface area contributed by atoms with Crippen molar-refractivity contribution in [3.8, 4) is 0 Å². The van der Waals surface area contributed by atoms with Crippen molar-refractivity contribution < 1.29 is 9.18 Å². The van der Waals surface area contributed by atoms with Gasteiger partial charge in [0.25, 0.3) is 5.91 Å². The van der Waals surface area contributed by atoms with Crippen molar-refractivity contribution in [1.82, 2.24) is 9.97 Å². The van der Waals surface area contributed by atoms with Gasteiger partial charge in [0.15, 0.2) is 0 Å². The summed E-state index contributed by atoms with van der Waals surface area (Å²) < 4.78 is 13.4. The molecular weight excluding hydrogens is 353 g/mol. The molecule has 0 aliphatic carbocycles. The van der Waals surface area contributed by atoms with E-state index < -0.39 is 0 Å². The maximum Gasteiger partial charge on any atom is 0.259 e. The van der Waals surface area contributed by atoms with Crippen molar-refractivity contribution in [1.29, 1.82) is 0 Å². The lowest BCUT2D eigenvalue weighted by molar-refractivity contribution is 0.0986. The zero-order chi connectivity index (χ0) is 19.5. The third-order valence-electron chi connectivity index (χ3n) is 4.50. The molecule has 5 heteroatoms. The van der Waals surface area contributed by atoms with Gasteiger partial charge in [-0.3, -0.25) is 14.8 Å². The van der Waals surface area contributed by atoms with Gasteiger partial charge in [-0.25, -0.2) is 4.39 Å². The molecule has 0 radical (unpaired) electrons. The number of para-hydroxylation sites is 1. The number of anilines is 1. The number of rotatable bonds is 4. The molecule has 0 fully saturated rings. The average molecular weight is 371 g/mol. The number of halogens is 1. The number of hydrogen-bond acceptors (Lipinski definition) is 3. The Morgan fingerprint density at radius 1 is 1.00 bits per heavy atom. The fraction of sp³-hybridized carbons (Fsp3) is 0.0870. The lowest BCUT2D eigenvalue weighted by Crippen LogP contribution is -2.31. The molecule has 2 heterocycles. The summed E-state index contributed by atoms with van der Waals surface area (Å²) in [5.74, 6) is -0.529. The molecule has 2 aromatic heterocycles. The van der Waals surface area contributed by atoms with Crippen LogP contribution in [0, 0.1) is 12.7 Å². The predicted octanol–water partition coefficient (Wildman–Crippen LogP) is 4.92. The predicted molar refractivity (Wildman–Crippen MR) is 108 cm³/mol. The lowest BCUT2D eigenvalue weighted by atomic mass is 10.1. The van der Waals surface area contributed by atoms with Gasteiger partial charge in [0.2, 0.25) is 0 Å². The summed E-state index contributed by atoms with van der Waals surface area (Å²) in [6.45, 7) is 2.14. The molecule has 0 bridgehead atoms. The summed E-state index contributed by atoms with van der Waals surface area (Å²) in [5.41, 5.74) is 3.44. The second-order valence-electron chi connectivity index (χ2n) is 6.52. The smallest absolute Gasteiger partial charge is 0.259 e. The minimum absolute atomic E-state index is 0.182. The monoisotopic (exact) mass is 371 g/mol. The number of aromatic nitrogens is 2. The van der Waals surface area contributed by atoms with Gasteiger partial charge in [-0.15, -0.1) is 0 Å². The van der Waals surface area contributed by atoms with E-state index >= 15 is 0 Å². The van der Waals surface area contributed by atoms with Crippen molar-refractivity contribution in [2.24, 2.45) is 0 Å². The number of nitrogens with zero attached hydrogens (tertiary/aromatic N) is 3. The van der Waals surface area contributed by atoms with Gasteiger partial charge in [0.1, 0.15) is 5.82 Å². The Kier molecular flexibility index (Phi) is 4.81. The number of carbonyl (C=O) groups is 1. The molecule has 28 heavy (non-hydrogen) atoms. The number of pyridine rings is 2. The molecule has 1 amide bonds. The summed E-state index contributed by atoms with van der Waals surface area (Å²) in [5, 5.41) is 0.784. The van der Waals surface area contributed by atoms with E-state index in [9.17, 15) is 9.18 Å². The SMILES string of the molecule is Cc1cc(C(=O)N(Cc2ccccn2)c2ccc(F)cc2)c2ccccc2n1. The lowest BCUT2D eigenvalue weighted by Gasteiger charge is -2.23. The van der Waals surface area contributed by atoms with E-state index in [4.69, 9.17) is 0 Å². The zero-order valence-electron chi connectivity index (χ0n) is 15.3. The van der Waals surface area contributed by atoms with Crippen LogP contribution < -0.4 is 4.90 Å². The van der Waals surface area contributed by atoms with E-state index in [2.05, 4.69) is 9.97 Å². The molecule has 2 aromatic carbocycles. The average Bonchev–Trinajstić information content (AvgIpc) is 2.72. The van der Waals surface area contributed by atoms with Crippen LogP contribution >= 0.6 is 0 Å². The van der Waals surface area contributed by atoms with Gasteiger partial charge in [-0.05, 0) is 55.5 Å². The molecule has 0 unspecified atom stereocenters. The summed E-state index contributed by atoms with van der Waals surface area (Å²) in [6.07, 6.45) is 1.69. The molecule has 138 valence electrons. The van der Waals surface area contributed by atoms with E-state index in [0.29, 0.717) is 11.3 Å². The maximum absolute atomic E-state index is 13.6. The van der Waals surface area contributed by atoms with E-state index in [1.807, 2.05) is 49.4 Å². The highest BCUT2D eigenvalue weighted by molar-refractivity contribution is 6.13. The van der Waals surface area contributed by atoms with Crippen LogP contribution in [0.3, 0.4) is 0 Å². The summed E-state index contributed by atoms with van der Waals surface area (Å²) in [6, 6.07) is 20.8. The first-order valence-electron chi connectivity index (χ1n) is 8.95. The van der Waals surface area contributed by atoms with Gasteiger partial charge in [0.05, 0.1) is 23.3 Å². The Morgan fingerprint density at radius 2 is 1.75 bits per heavy atom. The molecule has 4 rings (SSSR count). The molecule has 4 nitrogen and oxygen atoms in total. The topological polar surface area (TPSA) is 46.1 Å². The van der Waals surface area contributed by atoms with Gasteiger partial charge in [0, 0.05) is 23.0 Å². The Bertz CT molecular complexity index is 1130. The highest BCUT2D eigenvalue weighted by atomic mass is 19.1. The van der Waals surface area contributed by atoms with Gasteiger partial charge < -0.3 is 4.90 Å². The Morgan fingerprint density at radius 3 is 2.50 bits per heavy atom. The normalized spacial score (nSPS) is 10.8. The molecule has 0 atom stereocenters. The Labute approximate surface area is 162 Å². The fourth-order valence-corrected chi connectivity index (χ4v) is 3.19. The highest BCUT2D eigenvalue weighted by Gasteiger charge is 2.21. The maximum atomic E-state index is 13.6. The second-order valence-corrected chi connectivity index (χ2v) is 6.52. The highest BCUT2D eigenvalue weighted by Crippen LogP contribution is 2.25. The summed E-state index contributed by atoms with van der Waals surface area (Å²) in [4.78, 5) is 24.0. The number of aryl methyl sites for hydroxylation is 1. The standard InChI is InChI=1S/C23H18FN3O/c1-16-14-21(20-7-2-3-8-22(20)26-16)23(28)27(15-18-6-4-5-13-25-18)19-11-9-17(24)10-12-19/h2-14H,15H2,1H3. The molecule has 0 spiro atoms. The van der Waals surface area contributed by atoms with Crippen molar-refractivity contribution in [2.45, 2.75) is 13.5 Å². The van der Waals surface area contributed by atoms with E-state index in [-0.39, 0.29) is 18.3 Å². The molecule has 0 saturated heterocycles. The molecule has 0 saturated carbocycles. The Hall–Kier alpha value is -3.60. The van der Waals surface area contributed by atoms with Crippen LogP contribution in [0.2, 0.25) is 0 Å². The minimum Gasteiger partial charge on any atom is -0.302 e. The van der Waals surface area contributed by atoms with Crippen LogP contribution in [-0.2, 0) is 6.54 Å². The third-order valence-corrected chi connectivity index (χ3v) is 4.50. The fourth-order valence-electron chi connectivity index (χ4n) is 3.19. The molecular formula is C23H18FN3O. The number of carbonyl (C=O) groups excluding carboxylic acids is 1. The van der Waals surface area contributed by atoms with Crippen molar-refractivity contribution in [2.75, 3.05) is 4.90 Å². The molecule has 4 aromatic rings.